The van der Waals surface area contributed by atoms with Crippen molar-refractivity contribution in [1.82, 2.24) is 0 Å². The van der Waals surface area contributed by atoms with Gasteiger partial charge in [-0.1, -0.05) is 19.1 Å². The summed E-state index contributed by atoms with van der Waals surface area (Å²) in [6.45, 7) is 2.29. The van der Waals surface area contributed by atoms with Crippen LogP contribution < -0.4 is 4.74 Å². The van der Waals surface area contributed by atoms with Gasteiger partial charge in [0.25, 0.3) is 0 Å². The van der Waals surface area contributed by atoms with E-state index in [1.165, 1.54) is 24.0 Å². The lowest BCUT2D eigenvalue weighted by Crippen LogP contribution is -1.91. The zero-order valence-corrected chi connectivity index (χ0v) is 7.63. The smallest absolute Gasteiger partial charge is 0.122 e. The molecule has 0 fully saturated rings. The summed E-state index contributed by atoms with van der Waals surface area (Å²) in [6, 6.07) is 6.34. The molecule has 1 nitrogen and oxygen atoms in total. The first-order valence-electron chi connectivity index (χ1n) is 4.46. The molecule has 2 rings (SSSR count). The molecule has 0 aromatic heterocycles. The molecular formula is C11H14O. The van der Waals surface area contributed by atoms with Crippen LogP contribution in [0, 0.1) is 5.92 Å². The maximum Gasteiger partial charge on any atom is 0.122 e. The van der Waals surface area contributed by atoms with Crippen molar-refractivity contribution in [3.05, 3.63) is 29.3 Å². The summed E-state index contributed by atoms with van der Waals surface area (Å²) in [5, 5.41) is 0. The van der Waals surface area contributed by atoms with Crippen LogP contribution >= 0.6 is 0 Å². The molecular weight excluding hydrogens is 148 g/mol. The van der Waals surface area contributed by atoms with Crippen LogP contribution in [0.3, 0.4) is 0 Å². The summed E-state index contributed by atoms with van der Waals surface area (Å²) in [4.78, 5) is 0. The van der Waals surface area contributed by atoms with Gasteiger partial charge in [-0.15, -0.1) is 0 Å². The Morgan fingerprint density at radius 2 is 2.17 bits per heavy atom. The van der Waals surface area contributed by atoms with Crippen LogP contribution in [-0.2, 0) is 12.8 Å². The highest BCUT2D eigenvalue weighted by Crippen LogP contribution is 2.32. The van der Waals surface area contributed by atoms with Crippen molar-refractivity contribution in [2.45, 2.75) is 19.8 Å². The highest BCUT2D eigenvalue weighted by atomic mass is 16.5. The van der Waals surface area contributed by atoms with E-state index in [9.17, 15) is 0 Å². The van der Waals surface area contributed by atoms with E-state index >= 15 is 0 Å². The van der Waals surface area contributed by atoms with Crippen molar-refractivity contribution in [1.29, 1.82) is 0 Å². The number of methoxy groups -OCH3 is 1. The minimum atomic E-state index is 0.788. The Balaban J connectivity index is 2.44. The molecule has 1 atom stereocenters. The lowest BCUT2D eigenvalue weighted by molar-refractivity contribution is 0.409. The molecule has 0 saturated heterocycles. The Labute approximate surface area is 73.4 Å². The van der Waals surface area contributed by atoms with Gasteiger partial charge < -0.3 is 4.74 Å². The van der Waals surface area contributed by atoms with E-state index in [2.05, 4.69) is 25.1 Å². The van der Waals surface area contributed by atoms with E-state index in [1.807, 2.05) is 0 Å². The normalized spacial score (nSPS) is 20.7. The van der Waals surface area contributed by atoms with Gasteiger partial charge in [-0.05, 0) is 36.0 Å². The molecule has 64 valence electrons. The largest absolute Gasteiger partial charge is 0.496 e. The Morgan fingerprint density at radius 3 is 2.92 bits per heavy atom. The van der Waals surface area contributed by atoms with Crippen LogP contribution in [0.2, 0.25) is 0 Å². The third-order valence-corrected chi connectivity index (χ3v) is 2.57. The molecule has 1 aromatic carbocycles. The molecule has 1 heteroatoms. The van der Waals surface area contributed by atoms with Gasteiger partial charge in [0.15, 0.2) is 0 Å². The molecule has 1 aliphatic carbocycles. The molecule has 12 heavy (non-hydrogen) atoms. The third kappa shape index (κ3) is 1.09. The van der Waals surface area contributed by atoms with E-state index in [1.54, 1.807) is 7.11 Å². The minimum Gasteiger partial charge on any atom is -0.496 e. The first-order valence-corrected chi connectivity index (χ1v) is 4.46. The van der Waals surface area contributed by atoms with Crippen molar-refractivity contribution in [2.24, 2.45) is 5.92 Å². The number of hydrogen-bond donors (Lipinski definition) is 0. The third-order valence-electron chi connectivity index (χ3n) is 2.57. The summed E-state index contributed by atoms with van der Waals surface area (Å²) >= 11 is 0. The Hall–Kier alpha value is -0.980. The van der Waals surface area contributed by atoms with Gasteiger partial charge in [-0.2, -0.15) is 0 Å². The highest BCUT2D eigenvalue weighted by molar-refractivity contribution is 5.43. The van der Waals surface area contributed by atoms with E-state index < -0.39 is 0 Å². The van der Waals surface area contributed by atoms with Crippen LogP contribution in [0.4, 0.5) is 0 Å². The van der Waals surface area contributed by atoms with Crippen molar-refractivity contribution < 1.29 is 4.74 Å². The number of hydrogen-bond acceptors (Lipinski definition) is 1. The average molecular weight is 162 g/mol. The van der Waals surface area contributed by atoms with Gasteiger partial charge in [0.1, 0.15) is 5.75 Å². The monoisotopic (exact) mass is 162 g/mol. The van der Waals surface area contributed by atoms with Gasteiger partial charge >= 0.3 is 0 Å². The van der Waals surface area contributed by atoms with Crippen molar-refractivity contribution in [2.75, 3.05) is 7.11 Å². The molecule has 1 unspecified atom stereocenters. The predicted molar refractivity (Wildman–Crippen MR) is 49.6 cm³/mol. The molecule has 0 N–H and O–H groups in total. The molecule has 1 aliphatic rings. The molecule has 0 heterocycles. The highest BCUT2D eigenvalue weighted by Gasteiger charge is 2.20. The second-order valence-corrected chi connectivity index (χ2v) is 3.61. The number of fused-ring (bicyclic) bond motifs is 1. The van der Waals surface area contributed by atoms with Crippen molar-refractivity contribution in [3.8, 4) is 5.75 Å². The number of benzene rings is 1. The summed E-state index contributed by atoms with van der Waals surface area (Å²) < 4.78 is 5.31. The molecule has 0 radical (unpaired) electrons. The Bertz CT molecular complexity index is 291. The Kier molecular flexibility index (Phi) is 1.80. The minimum absolute atomic E-state index is 0.788. The lowest BCUT2D eigenvalue weighted by Gasteiger charge is -2.05. The van der Waals surface area contributed by atoms with Crippen molar-refractivity contribution >= 4 is 0 Å². The van der Waals surface area contributed by atoms with Crippen molar-refractivity contribution in [3.63, 3.8) is 0 Å². The maximum absolute atomic E-state index is 5.31. The zero-order chi connectivity index (χ0) is 8.55. The number of rotatable bonds is 1. The van der Waals surface area contributed by atoms with E-state index in [0.717, 1.165) is 11.7 Å². The first kappa shape index (κ1) is 7.66. The number of ether oxygens (including phenoxy) is 1. The van der Waals surface area contributed by atoms with Gasteiger partial charge in [0.05, 0.1) is 7.11 Å². The molecule has 0 bridgehead atoms. The maximum atomic E-state index is 5.31. The first-order chi connectivity index (χ1) is 5.81. The van der Waals surface area contributed by atoms with E-state index in [0.29, 0.717) is 0 Å². The fraction of sp³-hybridized carbons (Fsp3) is 0.455. The summed E-state index contributed by atoms with van der Waals surface area (Å²) in [6.07, 6.45) is 2.39. The van der Waals surface area contributed by atoms with Gasteiger partial charge in [0.2, 0.25) is 0 Å². The van der Waals surface area contributed by atoms with Gasteiger partial charge in [0, 0.05) is 0 Å². The SMILES string of the molecule is COc1cccc2c1CC(C)C2. The standard InChI is InChI=1S/C11H14O/c1-8-6-9-4-3-5-11(12-2)10(9)7-8/h3-5,8H,6-7H2,1-2H3. The van der Waals surface area contributed by atoms with Crippen LogP contribution in [0.25, 0.3) is 0 Å². The van der Waals surface area contributed by atoms with E-state index in [4.69, 9.17) is 4.74 Å². The van der Waals surface area contributed by atoms with Crippen LogP contribution in [-0.4, -0.2) is 7.11 Å². The fourth-order valence-electron chi connectivity index (χ4n) is 2.02. The second-order valence-electron chi connectivity index (χ2n) is 3.61. The second kappa shape index (κ2) is 2.81. The van der Waals surface area contributed by atoms with Gasteiger partial charge in [-0.25, -0.2) is 0 Å². The molecule has 1 aromatic rings. The molecule has 0 saturated carbocycles. The van der Waals surface area contributed by atoms with Crippen LogP contribution in [0.5, 0.6) is 5.75 Å². The topological polar surface area (TPSA) is 9.23 Å². The van der Waals surface area contributed by atoms with E-state index in [-0.39, 0.29) is 0 Å². The van der Waals surface area contributed by atoms with Crippen LogP contribution in [0.15, 0.2) is 18.2 Å². The zero-order valence-electron chi connectivity index (χ0n) is 7.63. The summed E-state index contributed by atoms with van der Waals surface area (Å²) in [5.41, 5.74) is 2.90. The lowest BCUT2D eigenvalue weighted by atomic mass is 10.1. The molecule has 0 amide bonds. The summed E-state index contributed by atoms with van der Waals surface area (Å²) in [7, 11) is 1.75. The fourth-order valence-corrected chi connectivity index (χ4v) is 2.02. The predicted octanol–water partition coefficient (Wildman–Crippen LogP) is 2.43. The average Bonchev–Trinajstić information content (AvgIpc) is 2.44. The van der Waals surface area contributed by atoms with Gasteiger partial charge in [-0.3, -0.25) is 0 Å². The molecule has 0 spiro atoms. The Morgan fingerprint density at radius 1 is 1.33 bits per heavy atom. The quantitative estimate of drug-likeness (QED) is 0.616. The van der Waals surface area contributed by atoms with Crippen LogP contribution in [0.1, 0.15) is 18.1 Å². The molecule has 0 aliphatic heterocycles. The summed E-state index contributed by atoms with van der Waals surface area (Å²) in [5.74, 6) is 1.85.